The van der Waals surface area contributed by atoms with Gasteiger partial charge in [-0.2, -0.15) is 4.31 Å². The van der Waals surface area contributed by atoms with E-state index in [0.29, 0.717) is 18.6 Å². The molecule has 0 radical (unpaired) electrons. The van der Waals surface area contributed by atoms with E-state index in [0.717, 1.165) is 19.3 Å². The Morgan fingerprint density at radius 2 is 1.76 bits per heavy atom. The molecular formula is C18H25NO5S. The van der Waals surface area contributed by atoms with Crippen LogP contribution in [0, 0.1) is 0 Å². The van der Waals surface area contributed by atoms with Crippen molar-refractivity contribution >= 4 is 16.0 Å². The van der Waals surface area contributed by atoms with Crippen molar-refractivity contribution in [3.8, 4) is 5.75 Å². The van der Waals surface area contributed by atoms with Gasteiger partial charge in [0.15, 0.2) is 0 Å². The Kier molecular flexibility index (Phi) is 5.06. The first kappa shape index (κ1) is 18.2. The summed E-state index contributed by atoms with van der Waals surface area (Å²) in [6.45, 7) is 4.14. The first-order valence-corrected chi connectivity index (χ1v) is 10.3. The Morgan fingerprint density at radius 3 is 2.36 bits per heavy atom. The quantitative estimate of drug-likeness (QED) is 0.765. The number of carbonyl (C=O) groups is 1. The van der Waals surface area contributed by atoms with Crippen molar-refractivity contribution < 1.29 is 22.7 Å². The number of ether oxygens (including phenoxy) is 2. The van der Waals surface area contributed by atoms with Crippen LogP contribution in [-0.2, 0) is 19.6 Å². The monoisotopic (exact) mass is 367 g/mol. The van der Waals surface area contributed by atoms with Gasteiger partial charge in [0.1, 0.15) is 17.9 Å². The topological polar surface area (TPSA) is 72.9 Å². The molecule has 1 aliphatic carbocycles. The fourth-order valence-corrected chi connectivity index (χ4v) is 5.47. The van der Waals surface area contributed by atoms with Crippen LogP contribution in [0.3, 0.4) is 0 Å². The lowest BCUT2D eigenvalue weighted by molar-refractivity contribution is -0.165. The zero-order chi connectivity index (χ0) is 18.1. The first-order valence-electron chi connectivity index (χ1n) is 8.83. The van der Waals surface area contributed by atoms with Crippen molar-refractivity contribution in [2.75, 3.05) is 13.2 Å². The summed E-state index contributed by atoms with van der Waals surface area (Å²) >= 11 is 0. The normalized spacial score (nSPS) is 21.3. The molecule has 3 rings (SSSR count). The molecule has 1 aromatic rings. The van der Waals surface area contributed by atoms with E-state index in [1.807, 2.05) is 13.8 Å². The summed E-state index contributed by atoms with van der Waals surface area (Å²) in [6.07, 6.45) is 3.76. The number of sulfonamides is 1. The lowest BCUT2D eigenvalue weighted by Gasteiger charge is -2.45. The van der Waals surface area contributed by atoms with Gasteiger partial charge in [-0.1, -0.05) is 19.3 Å². The van der Waals surface area contributed by atoms with E-state index in [1.165, 1.54) is 4.31 Å². The highest BCUT2D eigenvalue weighted by Crippen LogP contribution is 2.40. The molecule has 1 aliphatic heterocycles. The number of nitrogens with zero attached hydrogens (tertiary/aromatic N) is 1. The predicted octanol–water partition coefficient (Wildman–Crippen LogP) is 2.72. The maximum atomic E-state index is 13.2. The van der Waals surface area contributed by atoms with Crippen molar-refractivity contribution in [2.24, 2.45) is 0 Å². The lowest BCUT2D eigenvalue weighted by Crippen LogP contribution is -2.62. The van der Waals surface area contributed by atoms with Gasteiger partial charge in [0.05, 0.1) is 11.0 Å². The molecule has 2 fully saturated rings. The zero-order valence-electron chi connectivity index (χ0n) is 14.7. The minimum absolute atomic E-state index is 0.0184. The van der Waals surface area contributed by atoms with E-state index in [1.54, 1.807) is 24.3 Å². The van der Waals surface area contributed by atoms with E-state index in [2.05, 4.69) is 0 Å². The summed E-state index contributed by atoms with van der Waals surface area (Å²) in [5.74, 6) is 0.223. The van der Waals surface area contributed by atoms with Gasteiger partial charge in [-0.3, -0.25) is 4.79 Å². The summed E-state index contributed by atoms with van der Waals surface area (Å²) in [4.78, 5) is 12.7. The Bertz CT molecular complexity index is 720. The van der Waals surface area contributed by atoms with E-state index in [-0.39, 0.29) is 24.2 Å². The highest BCUT2D eigenvalue weighted by molar-refractivity contribution is 7.89. The molecule has 6 nitrogen and oxygen atoms in total. The molecule has 0 aromatic heterocycles. The smallest absolute Gasteiger partial charge is 0.327 e. The van der Waals surface area contributed by atoms with Gasteiger partial charge in [-0.15, -0.1) is 0 Å². The standard InChI is InChI=1S/C18H25NO5S/c1-14(2)24-15-6-8-16(9-7-15)25(21,22)19-12-13-23-17(20)18(19)10-4-3-5-11-18/h6-9,14H,3-5,10-13H2,1-2H3. The number of rotatable bonds is 4. The number of hydrogen-bond acceptors (Lipinski definition) is 5. The molecule has 1 aromatic carbocycles. The van der Waals surface area contributed by atoms with Crippen LogP contribution in [0.4, 0.5) is 0 Å². The van der Waals surface area contributed by atoms with Crippen molar-refractivity contribution in [1.29, 1.82) is 0 Å². The molecule has 1 saturated heterocycles. The maximum Gasteiger partial charge on any atom is 0.327 e. The third-order valence-corrected chi connectivity index (χ3v) is 6.83. The highest BCUT2D eigenvalue weighted by atomic mass is 32.2. The Labute approximate surface area is 149 Å². The average Bonchev–Trinajstić information content (AvgIpc) is 2.58. The molecule has 0 bridgehead atoms. The molecule has 1 spiro atoms. The summed E-state index contributed by atoms with van der Waals surface area (Å²) < 4.78 is 38.6. The number of hydrogen-bond donors (Lipinski definition) is 0. The third kappa shape index (κ3) is 3.40. The fourth-order valence-electron chi connectivity index (χ4n) is 3.70. The van der Waals surface area contributed by atoms with E-state index in [4.69, 9.17) is 9.47 Å². The summed E-state index contributed by atoms with van der Waals surface area (Å²) in [5.41, 5.74) is -1.04. The maximum absolute atomic E-state index is 13.2. The number of esters is 1. The largest absolute Gasteiger partial charge is 0.491 e. The van der Waals surface area contributed by atoms with Crippen LogP contribution in [-0.4, -0.2) is 43.5 Å². The molecule has 138 valence electrons. The highest BCUT2D eigenvalue weighted by Gasteiger charge is 2.53. The summed E-state index contributed by atoms with van der Waals surface area (Å²) in [7, 11) is -3.77. The second-order valence-electron chi connectivity index (χ2n) is 6.94. The number of cyclic esters (lactones) is 1. The molecule has 25 heavy (non-hydrogen) atoms. The second-order valence-corrected chi connectivity index (χ2v) is 8.81. The van der Waals surface area contributed by atoms with Gasteiger partial charge in [0.2, 0.25) is 10.0 Å². The summed E-state index contributed by atoms with van der Waals surface area (Å²) in [5, 5.41) is 0. The van der Waals surface area contributed by atoms with Crippen molar-refractivity contribution in [2.45, 2.75) is 62.5 Å². The molecule has 0 atom stereocenters. The lowest BCUT2D eigenvalue weighted by atomic mass is 9.81. The minimum Gasteiger partial charge on any atom is -0.491 e. The van der Waals surface area contributed by atoms with Crippen LogP contribution in [0.15, 0.2) is 29.2 Å². The molecule has 0 amide bonds. The molecular weight excluding hydrogens is 342 g/mol. The van der Waals surface area contributed by atoms with E-state index < -0.39 is 21.5 Å². The molecule has 0 N–H and O–H groups in total. The molecule has 7 heteroatoms. The van der Waals surface area contributed by atoms with Crippen LogP contribution in [0.5, 0.6) is 5.75 Å². The van der Waals surface area contributed by atoms with Crippen LogP contribution < -0.4 is 4.74 Å². The van der Waals surface area contributed by atoms with Crippen LogP contribution in [0.2, 0.25) is 0 Å². The van der Waals surface area contributed by atoms with Gasteiger partial charge in [0, 0.05) is 6.54 Å². The van der Waals surface area contributed by atoms with Crippen molar-refractivity contribution in [3.63, 3.8) is 0 Å². The first-order chi connectivity index (χ1) is 11.9. The van der Waals surface area contributed by atoms with Gasteiger partial charge in [0.25, 0.3) is 0 Å². The number of benzene rings is 1. The Hall–Kier alpha value is -1.60. The zero-order valence-corrected chi connectivity index (χ0v) is 15.5. The van der Waals surface area contributed by atoms with Gasteiger partial charge in [-0.05, 0) is 51.0 Å². The fraction of sp³-hybridized carbons (Fsp3) is 0.611. The van der Waals surface area contributed by atoms with E-state index >= 15 is 0 Å². The minimum atomic E-state index is -3.77. The molecule has 0 unspecified atom stereocenters. The Morgan fingerprint density at radius 1 is 1.12 bits per heavy atom. The number of carbonyl (C=O) groups excluding carboxylic acids is 1. The molecule has 1 heterocycles. The third-order valence-electron chi connectivity index (χ3n) is 4.85. The van der Waals surface area contributed by atoms with Gasteiger partial charge < -0.3 is 9.47 Å². The second kappa shape index (κ2) is 6.96. The molecule has 2 aliphatic rings. The van der Waals surface area contributed by atoms with E-state index in [9.17, 15) is 13.2 Å². The number of morpholine rings is 1. The SMILES string of the molecule is CC(C)Oc1ccc(S(=O)(=O)N2CCOC(=O)C23CCCCC3)cc1. The van der Waals surface area contributed by atoms with Gasteiger partial charge >= 0.3 is 5.97 Å². The van der Waals surface area contributed by atoms with Crippen LogP contribution in [0.1, 0.15) is 46.0 Å². The molecule has 1 saturated carbocycles. The Balaban J connectivity index is 1.93. The van der Waals surface area contributed by atoms with Crippen LogP contribution >= 0.6 is 0 Å². The van der Waals surface area contributed by atoms with Crippen molar-refractivity contribution in [3.05, 3.63) is 24.3 Å². The summed E-state index contributed by atoms with van der Waals surface area (Å²) in [6, 6.07) is 6.40. The van der Waals surface area contributed by atoms with Gasteiger partial charge in [-0.25, -0.2) is 8.42 Å². The average molecular weight is 367 g/mol. The predicted molar refractivity (Wildman–Crippen MR) is 92.9 cm³/mol. The van der Waals surface area contributed by atoms with Crippen molar-refractivity contribution in [1.82, 2.24) is 4.31 Å². The van der Waals surface area contributed by atoms with Crippen LogP contribution in [0.25, 0.3) is 0 Å².